The average molecular weight is 229 g/mol. The zero-order valence-corrected chi connectivity index (χ0v) is 10.9. The van der Waals surface area contributed by atoms with E-state index in [1.165, 1.54) is 6.42 Å². The van der Waals surface area contributed by atoms with Gasteiger partial charge in [-0.25, -0.2) is 4.39 Å². The summed E-state index contributed by atoms with van der Waals surface area (Å²) >= 11 is 0. The van der Waals surface area contributed by atoms with Gasteiger partial charge >= 0.3 is 0 Å². The molecule has 0 aromatic rings. The monoisotopic (exact) mass is 229 g/mol. The standard InChI is InChI=1S/C13H24FNO/c1-10(16-12(2,3)4)13-6-5-7-15(13)9-11(14)8-13/h10-11H,5-9H2,1-4H3/t10?,11-,13+/m0/s1. The quantitative estimate of drug-likeness (QED) is 0.722. The highest BCUT2D eigenvalue weighted by molar-refractivity contribution is 5.07. The second-order valence-electron chi connectivity index (χ2n) is 6.33. The molecule has 16 heavy (non-hydrogen) atoms. The first-order valence-electron chi connectivity index (χ1n) is 6.40. The molecule has 0 amide bonds. The summed E-state index contributed by atoms with van der Waals surface area (Å²) in [5.41, 5.74) is -0.163. The predicted molar refractivity (Wildman–Crippen MR) is 63.4 cm³/mol. The molecule has 2 aliphatic heterocycles. The van der Waals surface area contributed by atoms with E-state index >= 15 is 0 Å². The van der Waals surface area contributed by atoms with Gasteiger partial charge in [-0.05, 0) is 47.1 Å². The second-order valence-corrected chi connectivity index (χ2v) is 6.33. The van der Waals surface area contributed by atoms with Crippen molar-refractivity contribution < 1.29 is 9.13 Å². The molecule has 0 spiro atoms. The van der Waals surface area contributed by atoms with Crippen molar-refractivity contribution in [3.63, 3.8) is 0 Å². The van der Waals surface area contributed by atoms with Gasteiger partial charge in [0, 0.05) is 18.5 Å². The van der Waals surface area contributed by atoms with Crippen LogP contribution >= 0.6 is 0 Å². The number of ether oxygens (including phenoxy) is 1. The number of fused-ring (bicyclic) bond motifs is 1. The highest BCUT2D eigenvalue weighted by Gasteiger charge is 2.52. The molecule has 2 nitrogen and oxygen atoms in total. The third-order valence-electron chi connectivity index (χ3n) is 3.95. The SMILES string of the molecule is CC(OC(C)(C)C)[C@]12CCCN1C[C@@H](F)C2. The van der Waals surface area contributed by atoms with Crippen LogP contribution in [0.25, 0.3) is 0 Å². The Morgan fingerprint density at radius 2 is 2.12 bits per heavy atom. The maximum Gasteiger partial charge on any atom is 0.115 e. The van der Waals surface area contributed by atoms with Crippen LogP contribution in [0.3, 0.4) is 0 Å². The fourth-order valence-electron chi connectivity index (χ4n) is 3.41. The van der Waals surface area contributed by atoms with Gasteiger partial charge in [0.25, 0.3) is 0 Å². The van der Waals surface area contributed by atoms with E-state index in [1.807, 2.05) is 0 Å². The lowest BCUT2D eigenvalue weighted by Crippen LogP contribution is -2.50. The topological polar surface area (TPSA) is 12.5 Å². The molecule has 0 aromatic carbocycles. The highest BCUT2D eigenvalue weighted by atomic mass is 19.1. The lowest BCUT2D eigenvalue weighted by molar-refractivity contribution is -0.107. The minimum Gasteiger partial charge on any atom is -0.371 e. The van der Waals surface area contributed by atoms with Gasteiger partial charge in [0.05, 0.1) is 11.7 Å². The molecule has 1 unspecified atom stereocenters. The first kappa shape index (κ1) is 12.3. The summed E-state index contributed by atoms with van der Waals surface area (Å²) in [5, 5.41) is 0. The molecule has 0 aliphatic carbocycles. The van der Waals surface area contributed by atoms with E-state index in [1.54, 1.807) is 0 Å². The molecule has 3 heteroatoms. The Morgan fingerprint density at radius 1 is 1.44 bits per heavy atom. The van der Waals surface area contributed by atoms with E-state index in [9.17, 15) is 4.39 Å². The normalized spacial score (nSPS) is 37.7. The van der Waals surface area contributed by atoms with E-state index in [0.717, 1.165) is 13.0 Å². The Labute approximate surface area is 98.1 Å². The number of hydrogen-bond donors (Lipinski definition) is 0. The molecule has 0 aromatic heterocycles. The van der Waals surface area contributed by atoms with Crippen molar-refractivity contribution in [3.05, 3.63) is 0 Å². The summed E-state index contributed by atoms with van der Waals surface area (Å²) in [6.07, 6.45) is 2.39. The summed E-state index contributed by atoms with van der Waals surface area (Å²) in [6, 6.07) is 0. The van der Waals surface area contributed by atoms with Gasteiger partial charge in [0.1, 0.15) is 6.17 Å². The van der Waals surface area contributed by atoms with Gasteiger partial charge in [0.2, 0.25) is 0 Å². The Bertz CT molecular complexity index is 263. The maximum absolute atomic E-state index is 13.6. The van der Waals surface area contributed by atoms with Crippen LogP contribution in [0.4, 0.5) is 4.39 Å². The number of hydrogen-bond acceptors (Lipinski definition) is 2. The lowest BCUT2D eigenvalue weighted by atomic mass is 9.87. The highest BCUT2D eigenvalue weighted by Crippen LogP contribution is 2.44. The molecule has 2 aliphatic rings. The van der Waals surface area contributed by atoms with Crippen molar-refractivity contribution in [2.45, 2.75) is 70.4 Å². The van der Waals surface area contributed by atoms with E-state index in [-0.39, 0.29) is 17.2 Å². The smallest absolute Gasteiger partial charge is 0.115 e. The molecule has 2 rings (SSSR count). The van der Waals surface area contributed by atoms with Crippen molar-refractivity contribution in [3.8, 4) is 0 Å². The molecule has 0 bridgehead atoms. The van der Waals surface area contributed by atoms with Crippen LogP contribution in [0.15, 0.2) is 0 Å². The molecule has 0 saturated carbocycles. The molecule has 2 heterocycles. The maximum atomic E-state index is 13.6. The zero-order chi connectivity index (χ0) is 12.0. The predicted octanol–water partition coefficient (Wildman–Crippen LogP) is 2.77. The molecule has 0 N–H and O–H groups in total. The molecule has 94 valence electrons. The molecular formula is C13H24FNO. The summed E-state index contributed by atoms with van der Waals surface area (Å²) in [4.78, 5) is 2.31. The average Bonchev–Trinajstić information content (AvgIpc) is 2.56. The van der Waals surface area contributed by atoms with Crippen LogP contribution in [-0.4, -0.2) is 41.4 Å². The van der Waals surface area contributed by atoms with Gasteiger partial charge in [-0.2, -0.15) is 0 Å². The van der Waals surface area contributed by atoms with Crippen molar-refractivity contribution >= 4 is 0 Å². The molecule has 2 saturated heterocycles. The van der Waals surface area contributed by atoms with Crippen molar-refractivity contribution in [1.29, 1.82) is 0 Å². The van der Waals surface area contributed by atoms with Crippen LogP contribution in [0.5, 0.6) is 0 Å². The van der Waals surface area contributed by atoms with Crippen LogP contribution in [0.2, 0.25) is 0 Å². The third kappa shape index (κ3) is 2.12. The van der Waals surface area contributed by atoms with Crippen LogP contribution in [0, 0.1) is 0 Å². The van der Waals surface area contributed by atoms with Crippen LogP contribution < -0.4 is 0 Å². The van der Waals surface area contributed by atoms with Gasteiger partial charge in [-0.1, -0.05) is 0 Å². The second kappa shape index (κ2) is 3.95. The number of rotatable bonds is 2. The number of alkyl halides is 1. The first-order chi connectivity index (χ1) is 7.33. The fraction of sp³-hybridized carbons (Fsp3) is 1.00. The van der Waals surface area contributed by atoms with E-state index < -0.39 is 6.17 Å². The molecule has 0 radical (unpaired) electrons. The van der Waals surface area contributed by atoms with Crippen molar-refractivity contribution in [2.75, 3.05) is 13.1 Å². The lowest BCUT2D eigenvalue weighted by Gasteiger charge is -2.40. The third-order valence-corrected chi connectivity index (χ3v) is 3.95. The minimum atomic E-state index is -0.661. The van der Waals surface area contributed by atoms with Crippen LogP contribution in [0.1, 0.15) is 47.0 Å². The van der Waals surface area contributed by atoms with E-state index in [4.69, 9.17) is 4.74 Å². The summed E-state index contributed by atoms with van der Waals surface area (Å²) in [7, 11) is 0. The summed E-state index contributed by atoms with van der Waals surface area (Å²) < 4.78 is 19.7. The van der Waals surface area contributed by atoms with Gasteiger partial charge in [-0.3, -0.25) is 4.90 Å². The fourth-order valence-corrected chi connectivity index (χ4v) is 3.41. The first-order valence-corrected chi connectivity index (χ1v) is 6.40. The van der Waals surface area contributed by atoms with Crippen LogP contribution in [-0.2, 0) is 4.74 Å². The van der Waals surface area contributed by atoms with E-state index in [2.05, 4.69) is 32.6 Å². The van der Waals surface area contributed by atoms with Gasteiger partial charge in [0.15, 0.2) is 0 Å². The Balaban J connectivity index is 2.11. The minimum absolute atomic E-state index is 0.0211. The van der Waals surface area contributed by atoms with Crippen molar-refractivity contribution in [1.82, 2.24) is 4.90 Å². The van der Waals surface area contributed by atoms with Gasteiger partial charge in [-0.15, -0.1) is 0 Å². The molecule has 2 fully saturated rings. The summed E-state index contributed by atoms with van der Waals surface area (Å²) in [5.74, 6) is 0. The summed E-state index contributed by atoms with van der Waals surface area (Å²) in [6.45, 7) is 9.97. The van der Waals surface area contributed by atoms with Crippen molar-refractivity contribution in [2.24, 2.45) is 0 Å². The largest absolute Gasteiger partial charge is 0.371 e. The molecule has 3 atom stereocenters. The Morgan fingerprint density at radius 3 is 2.75 bits per heavy atom. The Hall–Kier alpha value is -0.150. The number of halogens is 1. The zero-order valence-electron chi connectivity index (χ0n) is 10.9. The molecular weight excluding hydrogens is 205 g/mol. The van der Waals surface area contributed by atoms with Gasteiger partial charge < -0.3 is 4.74 Å². The van der Waals surface area contributed by atoms with E-state index in [0.29, 0.717) is 13.0 Å². The Kier molecular flexibility index (Phi) is 3.04. The number of nitrogens with zero attached hydrogens (tertiary/aromatic N) is 1.